The van der Waals surface area contributed by atoms with Crippen LogP contribution in [-0.4, -0.2) is 115 Å². The van der Waals surface area contributed by atoms with E-state index in [2.05, 4.69) is 29.9 Å². The van der Waals surface area contributed by atoms with E-state index in [9.17, 15) is 20.1 Å². The van der Waals surface area contributed by atoms with E-state index < -0.39 is 55.1 Å². The summed E-state index contributed by atoms with van der Waals surface area (Å²) in [5.41, 5.74) is 11.8. The molecule has 216 valence electrons. The third kappa shape index (κ3) is 4.79. The number of aliphatic hydroxyl groups excluding tert-OH is 5. The summed E-state index contributed by atoms with van der Waals surface area (Å²) >= 11 is 0. The molecule has 6 heterocycles. The molecule has 0 aliphatic carbocycles. The van der Waals surface area contributed by atoms with E-state index in [1.54, 1.807) is 0 Å². The molecule has 0 spiro atoms. The second-order valence-electron chi connectivity index (χ2n) is 9.03. The van der Waals surface area contributed by atoms with E-state index in [1.807, 2.05) is 0 Å². The molecule has 7 atom stereocenters. The van der Waals surface area contributed by atoms with Crippen LogP contribution in [0.5, 0.6) is 5.88 Å². The third-order valence-electron chi connectivity index (χ3n) is 6.54. The van der Waals surface area contributed by atoms with Crippen molar-refractivity contribution in [3.8, 4) is 5.88 Å². The van der Waals surface area contributed by atoms with Crippen LogP contribution < -0.4 is 21.8 Å². The lowest BCUT2D eigenvalue weighted by atomic mass is 10.1. The zero-order valence-corrected chi connectivity index (χ0v) is 21.0. The van der Waals surface area contributed by atoms with Gasteiger partial charge in [-0.25, -0.2) is 9.97 Å². The molecule has 0 radical (unpaired) electrons. The summed E-state index contributed by atoms with van der Waals surface area (Å²) in [6.45, 7) is -0.692. The standard InChI is InChI=1S/C11H15N5O5.C10H13N5O4/c1-20-9-5-8(14-11(12)15-9)16(3-13-5)10-7(19)6(18)4(2-17)21-10;11-10-13-8-7(9(18)14-10)12-3-15(8)6-1-4(17)5(2-16)19-6/h3-4,6-7,10,17-19H,2H2,1H3,(H2,12,14,15);3-6,16-17H,1-2H2,(H3,11,13,14,18)/t4-,6-,7+,10-;4-,5+,6?/m10/s1. The Bertz CT molecular complexity index is 1560. The molecule has 0 amide bonds. The number of nitrogens with two attached hydrogens (primary N) is 2. The van der Waals surface area contributed by atoms with E-state index >= 15 is 0 Å². The van der Waals surface area contributed by atoms with Gasteiger partial charge in [-0.05, 0) is 0 Å². The monoisotopic (exact) mass is 564 g/mol. The first-order chi connectivity index (χ1) is 19.2. The fraction of sp³-hybridized carbons (Fsp3) is 0.524. The Morgan fingerprint density at radius 1 is 0.975 bits per heavy atom. The summed E-state index contributed by atoms with van der Waals surface area (Å²) in [4.78, 5) is 34.0. The highest BCUT2D eigenvalue weighted by Gasteiger charge is 2.44. The number of fused-ring (bicyclic) bond motifs is 2. The number of nitrogens with zero attached hydrogens (tertiary/aromatic N) is 7. The lowest BCUT2D eigenvalue weighted by molar-refractivity contribution is -0.0511. The molecule has 0 aromatic carbocycles. The van der Waals surface area contributed by atoms with Crippen LogP contribution >= 0.6 is 0 Å². The second kappa shape index (κ2) is 10.9. The smallest absolute Gasteiger partial charge is 0.280 e. The minimum atomic E-state index is -1.23. The molecular formula is C21H28N10O9. The fourth-order valence-corrected chi connectivity index (χ4v) is 4.55. The van der Waals surface area contributed by atoms with Gasteiger partial charge in [0.1, 0.15) is 30.6 Å². The van der Waals surface area contributed by atoms with E-state index in [0.29, 0.717) is 11.2 Å². The number of ether oxygens (including phenoxy) is 3. The van der Waals surface area contributed by atoms with E-state index in [-0.39, 0.29) is 42.0 Å². The Morgan fingerprint density at radius 2 is 1.65 bits per heavy atom. The van der Waals surface area contributed by atoms with Crippen LogP contribution in [0, 0.1) is 0 Å². The van der Waals surface area contributed by atoms with Crippen LogP contribution in [0.15, 0.2) is 17.4 Å². The maximum absolute atomic E-state index is 11.6. The zero-order valence-electron chi connectivity index (χ0n) is 21.0. The highest BCUT2D eigenvalue weighted by molar-refractivity contribution is 5.77. The van der Waals surface area contributed by atoms with Gasteiger partial charge in [0.05, 0.1) is 39.1 Å². The maximum atomic E-state index is 11.6. The first-order valence-corrected chi connectivity index (χ1v) is 12.0. The number of anilines is 2. The molecule has 19 nitrogen and oxygen atoms in total. The molecule has 40 heavy (non-hydrogen) atoms. The number of nitrogen functional groups attached to an aromatic ring is 2. The topological polar surface area (TPSA) is 288 Å². The number of methoxy groups -OCH3 is 1. The molecule has 4 aromatic heterocycles. The number of H-pyrrole nitrogens is 1. The van der Waals surface area contributed by atoms with Gasteiger partial charge in [-0.3, -0.25) is 18.9 Å². The molecule has 0 bridgehead atoms. The Balaban J connectivity index is 0.000000162. The molecule has 4 aromatic rings. The minimum Gasteiger partial charge on any atom is -0.479 e. The Kier molecular flexibility index (Phi) is 7.51. The van der Waals surface area contributed by atoms with Gasteiger partial charge in [0.15, 0.2) is 28.6 Å². The Morgan fingerprint density at radius 3 is 2.30 bits per heavy atom. The molecule has 2 aliphatic rings. The van der Waals surface area contributed by atoms with Crippen molar-refractivity contribution in [3.05, 3.63) is 23.0 Å². The predicted molar refractivity (Wildman–Crippen MR) is 133 cm³/mol. The molecule has 19 heteroatoms. The third-order valence-corrected chi connectivity index (χ3v) is 6.54. The van der Waals surface area contributed by atoms with Gasteiger partial charge in [0.25, 0.3) is 5.56 Å². The largest absolute Gasteiger partial charge is 0.479 e. The summed E-state index contributed by atoms with van der Waals surface area (Å²) in [7, 11) is 1.42. The van der Waals surface area contributed by atoms with Crippen molar-refractivity contribution in [2.75, 3.05) is 31.8 Å². The fourth-order valence-electron chi connectivity index (χ4n) is 4.55. The number of rotatable bonds is 5. The van der Waals surface area contributed by atoms with Gasteiger partial charge in [0.2, 0.25) is 17.8 Å². The number of hydrogen-bond acceptors (Lipinski definition) is 16. The summed E-state index contributed by atoms with van der Waals surface area (Å²) in [6, 6.07) is 0. The van der Waals surface area contributed by atoms with E-state index in [1.165, 1.54) is 28.9 Å². The molecule has 1 unspecified atom stereocenters. The number of aliphatic hydroxyl groups is 5. The van der Waals surface area contributed by atoms with Gasteiger partial charge in [-0.2, -0.15) is 15.0 Å². The van der Waals surface area contributed by atoms with E-state index in [4.69, 9.17) is 35.9 Å². The highest BCUT2D eigenvalue weighted by atomic mass is 16.6. The summed E-state index contributed by atoms with van der Waals surface area (Å²) in [5.74, 6) is 0.160. The van der Waals surface area contributed by atoms with Gasteiger partial charge in [-0.1, -0.05) is 0 Å². The van der Waals surface area contributed by atoms with Crippen LogP contribution in [0.25, 0.3) is 22.3 Å². The predicted octanol–water partition coefficient (Wildman–Crippen LogP) is -3.63. The quantitative estimate of drug-likeness (QED) is 0.116. The number of hydrogen-bond donors (Lipinski definition) is 8. The second-order valence-corrected chi connectivity index (χ2v) is 9.03. The van der Waals surface area contributed by atoms with Crippen molar-refractivity contribution in [1.29, 1.82) is 0 Å². The van der Waals surface area contributed by atoms with Crippen molar-refractivity contribution in [3.63, 3.8) is 0 Å². The molecule has 2 aliphatic heterocycles. The molecular weight excluding hydrogens is 536 g/mol. The van der Waals surface area contributed by atoms with Crippen molar-refractivity contribution < 1.29 is 39.7 Å². The molecule has 2 fully saturated rings. The average molecular weight is 565 g/mol. The van der Waals surface area contributed by atoms with Gasteiger partial charge < -0.3 is 51.2 Å². The molecule has 0 saturated carbocycles. The lowest BCUT2D eigenvalue weighted by Gasteiger charge is -2.16. The lowest BCUT2D eigenvalue weighted by Crippen LogP contribution is -2.33. The normalized spacial score (nSPS) is 28.2. The first-order valence-electron chi connectivity index (χ1n) is 12.0. The van der Waals surface area contributed by atoms with Crippen molar-refractivity contribution in [2.45, 2.75) is 49.4 Å². The number of imidazole rings is 2. The van der Waals surface area contributed by atoms with Crippen LogP contribution in [0.2, 0.25) is 0 Å². The van der Waals surface area contributed by atoms with Gasteiger partial charge in [0, 0.05) is 6.42 Å². The van der Waals surface area contributed by atoms with Gasteiger partial charge in [-0.15, -0.1) is 0 Å². The van der Waals surface area contributed by atoms with E-state index in [0.717, 1.165) is 0 Å². The average Bonchev–Trinajstić information content (AvgIpc) is 3.69. The summed E-state index contributed by atoms with van der Waals surface area (Å²) < 4.78 is 18.9. The number of aromatic nitrogens is 8. The molecule has 6 rings (SSSR count). The molecule has 2 saturated heterocycles. The van der Waals surface area contributed by atoms with Crippen LogP contribution in [0.4, 0.5) is 11.9 Å². The first kappa shape index (κ1) is 27.6. The zero-order chi connectivity index (χ0) is 28.7. The van der Waals surface area contributed by atoms with Crippen molar-refractivity contribution >= 4 is 34.2 Å². The van der Waals surface area contributed by atoms with Gasteiger partial charge >= 0.3 is 0 Å². The molecule has 10 N–H and O–H groups in total. The summed E-state index contributed by atoms with van der Waals surface area (Å²) in [5, 5.41) is 47.7. The number of nitrogens with one attached hydrogen (secondary N) is 1. The summed E-state index contributed by atoms with van der Waals surface area (Å²) in [6.07, 6.45) is -3.17. The van der Waals surface area contributed by atoms with Crippen LogP contribution in [0.3, 0.4) is 0 Å². The highest BCUT2D eigenvalue weighted by Crippen LogP contribution is 2.33. The van der Waals surface area contributed by atoms with Crippen molar-refractivity contribution in [1.82, 2.24) is 39.0 Å². The van der Waals surface area contributed by atoms with Crippen LogP contribution in [0.1, 0.15) is 18.9 Å². The van der Waals surface area contributed by atoms with Crippen molar-refractivity contribution in [2.24, 2.45) is 0 Å². The Labute approximate surface area is 223 Å². The Hall–Kier alpha value is -3.98. The minimum absolute atomic E-state index is 0.0171. The number of aromatic amines is 1. The SMILES string of the molecule is COc1nc(N)nc2c1ncn2[C@@H]1O[C@H](CO)[C@@H](O)[C@@H]1O.Nc1nc2c(ncn2C2C[C@H](O)[C@@H](CO)O2)c(=O)[nH]1. The van der Waals surface area contributed by atoms with Crippen LogP contribution in [-0.2, 0) is 9.47 Å². The maximum Gasteiger partial charge on any atom is 0.280 e.